The number of hydrogen-bond acceptors (Lipinski definition) is 3. The van der Waals surface area contributed by atoms with Crippen LogP contribution in [0.4, 0.5) is 0 Å². The van der Waals surface area contributed by atoms with Crippen LogP contribution in [0.5, 0.6) is 0 Å². The lowest BCUT2D eigenvalue weighted by Crippen LogP contribution is -2.12. The maximum Gasteiger partial charge on any atom is 0.303 e. The van der Waals surface area contributed by atoms with Crippen molar-refractivity contribution in [2.24, 2.45) is 0 Å². The molecule has 0 spiro atoms. The van der Waals surface area contributed by atoms with Gasteiger partial charge < -0.3 is 19.2 Å². The minimum Gasteiger partial charge on any atom is -0.481 e. The Morgan fingerprint density at radius 1 is 1.30 bits per heavy atom. The van der Waals surface area contributed by atoms with Gasteiger partial charge in [0.2, 0.25) is 0 Å². The molecule has 0 fully saturated rings. The first-order valence-corrected chi connectivity index (χ1v) is 7.38. The van der Waals surface area contributed by atoms with Crippen molar-refractivity contribution in [1.82, 2.24) is 9.38 Å². The molecule has 3 rings (SSSR count). The number of ether oxygens (including phenoxy) is 1. The van der Waals surface area contributed by atoms with E-state index >= 15 is 0 Å². The normalized spacial score (nSPS) is 11.4. The molecule has 0 atom stereocenters. The third-order valence-corrected chi connectivity index (χ3v) is 3.99. The number of fused-ring (bicyclic) bond motifs is 3. The molecule has 0 bridgehead atoms. The van der Waals surface area contributed by atoms with Crippen LogP contribution < -0.4 is 5.56 Å². The van der Waals surface area contributed by atoms with Gasteiger partial charge in [-0.2, -0.15) is 0 Å². The molecule has 0 aliphatic carbocycles. The minimum atomic E-state index is -0.851. The van der Waals surface area contributed by atoms with Gasteiger partial charge in [-0.25, -0.2) is 0 Å². The number of carboxylic acid groups (broad SMARTS) is 1. The highest BCUT2D eigenvalue weighted by molar-refractivity contribution is 5.80. The van der Waals surface area contributed by atoms with E-state index in [1.807, 2.05) is 29.5 Å². The summed E-state index contributed by atoms with van der Waals surface area (Å²) in [4.78, 5) is 26.1. The monoisotopic (exact) mass is 314 g/mol. The summed E-state index contributed by atoms with van der Waals surface area (Å²) in [6, 6.07) is 7.56. The number of rotatable bonds is 5. The van der Waals surface area contributed by atoms with Crippen LogP contribution in [0, 0.1) is 6.92 Å². The second-order valence-electron chi connectivity index (χ2n) is 5.63. The first kappa shape index (κ1) is 15.3. The number of aryl methyl sites for hydroxylation is 2. The number of nitrogens with zero attached hydrogens (tertiary/aromatic N) is 1. The molecule has 6 heteroatoms. The molecule has 2 heterocycles. The van der Waals surface area contributed by atoms with Crippen LogP contribution in [0.3, 0.4) is 0 Å². The number of aromatic amines is 1. The topological polar surface area (TPSA) is 83.8 Å². The van der Waals surface area contributed by atoms with E-state index < -0.39 is 5.97 Å². The first-order chi connectivity index (χ1) is 11.0. The Morgan fingerprint density at radius 2 is 2.09 bits per heavy atom. The highest BCUT2D eigenvalue weighted by Crippen LogP contribution is 2.22. The second-order valence-corrected chi connectivity index (χ2v) is 5.63. The summed E-state index contributed by atoms with van der Waals surface area (Å²) in [5.41, 5.74) is 4.66. The molecule has 2 aromatic heterocycles. The van der Waals surface area contributed by atoms with Crippen molar-refractivity contribution in [2.45, 2.75) is 26.4 Å². The lowest BCUT2D eigenvalue weighted by atomic mass is 10.1. The van der Waals surface area contributed by atoms with Crippen LogP contribution >= 0.6 is 0 Å². The average Bonchev–Trinajstić information content (AvgIpc) is 2.83. The van der Waals surface area contributed by atoms with E-state index in [1.54, 1.807) is 13.2 Å². The van der Waals surface area contributed by atoms with Crippen molar-refractivity contribution in [3.63, 3.8) is 0 Å². The Balaban J connectivity index is 2.27. The number of benzene rings is 1. The van der Waals surface area contributed by atoms with Crippen LogP contribution in [-0.4, -0.2) is 27.6 Å². The molecule has 0 aliphatic rings. The SMILES string of the molecule is COCc1ccc2c(c1)[nH]c(=O)c1cc(C)c(CCC(=O)O)n12. The first-order valence-electron chi connectivity index (χ1n) is 7.38. The Hall–Kier alpha value is -2.60. The number of hydrogen-bond donors (Lipinski definition) is 2. The van der Waals surface area contributed by atoms with Crippen LogP contribution in [0.15, 0.2) is 29.1 Å². The predicted octanol–water partition coefficient (Wildman–Crippen LogP) is 2.25. The number of aliphatic carboxylic acids is 1. The van der Waals surface area contributed by atoms with Gasteiger partial charge in [-0.1, -0.05) is 6.07 Å². The Morgan fingerprint density at radius 3 is 2.78 bits per heavy atom. The van der Waals surface area contributed by atoms with Crippen molar-refractivity contribution in [3.8, 4) is 0 Å². The molecular weight excluding hydrogens is 296 g/mol. The van der Waals surface area contributed by atoms with Gasteiger partial charge in [0.1, 0.15) is 5.52 Å². The molecule has 1 aromatic carbocycles. The van der Waals surface area contributed by atoms with Crippen molar-refractivity contribution >= 4 is 22.5 Å². The molecule has 0 unspecified atom stereocenters. The molecule has 3 aromatic rings. The van der Waals surface area contributed by atoms with Gasteiger partial charge in [0.15, 0.2) is 0 Å². The molecule has 6 nitrogen and oxygen atoms in total. The maximum atomic E-state index is 12.3. The molecule has 0 radical (unpaired) electrons. The summed E-state index contributed by atoms with van der Waals surface area (Å²) >= 11 is 0. The number of nitrogens with one attached hydrogen (secondary N) is 1. The fraction of sp³-hybridized carbons (Fsp3) is 0.294. The lowest BCUT2D eigenvalue weighted by Gasteiger charge is -2.09. The third-order valence-electron chi connectivity index (χ3n) is 3.99. The van der Waals surface area contributed by atoms with Crippen LogP contribution in [-0.2, 0) is 22.6 Å². The summed E-state index contributed by atoms with van der Waals surface area (Å²) in [7, 11) is 1.62. The summed E-state index contributed by atoms with van der Waals surface area (Å²) < 4.78 is 6.99. The summed E-state index contributed by atoms with van der Waals surface area (Å²) in [5, 5.41) is 8.95. The van der Waals surface area contributed by atoms with E-state index in [9.17, 15) is 9.59 Å². The van der Waals surface area contributed by atoms with E-state index in [2.05, 4.69) is 4.98 Å². The van der Waals surface area contributed by atoms with Gasteiger partial charge >= 0.3 is 5.97 Å². The van der Waals surface area contributed by atoms with Crippen molar-refractivity contribution in [1.29, 1.82) is 0 Å². The zero-order valence-electron chi connectivity index (χ0n) is 13.0. The highest BCUT2D eigenvalue weighted by atomic mass is 16.5. The molecule has 0 saturated carbocycles. The quantitative estimate of drug-likeness (QED) is 0.756. The molecule has 23 heavy (non-hydrogen) atoms. The second kappa shape index (κ2) is 5.89. The number of methoxy groups -OCH3 is 1. The Bertz CT molecular complexity index is 953. The van der Waals surface area contributed by atoms with Crippen molar-refractivity contribution < 1.29 is 14.6 Å². The smallest absolute Gasteiger partial charge is 0.303 e. The Kier molecular flexibility index (Phi) is 3.92. The molecule has 0 saturated heterocycles. The van der Waals surface area contributed by atoms with E-state index in [0.29, 0.717) is 24.1 Å². The fourth-order valence-electron chi connectivity index (χ4n) is 2.97. The maximum absolute atomic E-state index is 12.3. The highest BCUT2D eigenvalue weighted by Gasteiger charge is 2.14. The number of H-pyrrole nitrogens is 1. The van der Waals surface area contributed by atoms with Gasteiger partial charge in [0.05, 0.1) is 24.1 Å². The molecular formula is C17H18N2O4. The molecule has 0 amide bonds. The standard InChI is InChI=1S/C17H18N2O4/c1-10-7-15-17(22)18-12-8-11(9-23-2)3-4-14(12)19(15)13(10)5-6-16(20)21/h3-4,7-8H,5-6,9H2,1-2H3,(H,18,22)(H,20,21). The van der Waals surface area contributed by atoms with Crippen molar-refractivity contribution in [3.05, 3.63) is 51.4 Å². The lowest BCUT2D eigenvalue weighted by molar-refractivity contribution is -0.136. The molecule has 120 valence electrons. The average molecular weight is 314 g/mol. The summed E-state index contributed by atoms with van der Waals surface area (Å²) in [5.74, 6) is -0.851. The number of aromatic nitrogens is 2. The fourth-order valence-corrected chi connectivity index (χ4v) is 2.97. The van der Waals surface area contributed by atoms with Crippen LogP contribution in [0.2, 0.25) is 0 Å². The number of carbonyl (C=O) groups is 1. The molecule has 2 N–H and O–H groups in total. The van der Waals surface area contributed by atoms with Gasteiger partial charge in [0.25, 0.3) is 5.56 Å². The zero-order chi connectivity index (χ0) is 16.6. The van der Waals surface area contributed by atoms with Crippen LogP contribution in [0.1, 0.15) is 23.2 Å². The van der Waals surface area contributed by atoms with Gasteiger partial charge in [-0.3, -0.25) is 9.59 Å². The molecule has 0 aliphatic heterocycles. The summed E-state index contributed by atoms with van der Waals surface area (Å²) in [6.45, 7) is 2.36. The van der Waals surface area contributed by atoms with Gasteiger partial charge in [0, 0.05) is 12.8 Å². The number of carboxylic acids is 1. The largest absolute Gasteiger partial charge is 0.481 e. The summed E-state index contributed by atoms with van der Waals surface area (Å²) in [6.07, 6.45) is 0.413. The predicted molar refractivity (Wildman–Crippen MR) is 86.9 cm³/mol. The van der Waals surface area contributed by atoms with Crippen LogP contribution in [0.25, 0.3) is 16.6 Å². The van der Waals surface area contributed by atoms with Gasteiger partial charge in [-0.15, -0.1) is 0 Å². The van der Waals surface area contributed by atoms with E-state index in [-0.39, 0.29) is 12.0 Å². The zero-order valence-corrected chi connectivity index (χ0v) is 13.0. The van der Waals surface area contributed by atoms with E-state index in [0.717, 1.165) is 22.3 Å². The third kappa shape index (κ3) is 2.73. The van der Waals surface area contributed by atoms with Crippen molar-refractivity contribution in [2.75, 3.05) is 7.11 Å². The van der Waals surface area contributed by atoms with E-state index in [4.69, 9.17) is 9.84 Å². The minimum absolute atomic E-state index is 0.0308. The van der Waals surface area contributed by atoms with Gasteiger partial charge in [-0.05, 0) is 42.7 Å². The van der Waals surface area contributed by atoms with E-state index in [1.165, 1.54) is 0 Å². The Labute approximate surface area is 132 Å².